The highest BCUT2D eigenvalue weighted by molar-refractivity contribution is 8.00. The van der Waals surface area contributed by atoms with Crippen LogP contribution in [-0.2, 0) is 4.79 Å². The number of nitrogens with zero attached hydrogens (tertiary/aromatic N) is 3. The van der Waals surface area contributed by atoms with Gasteiger partial charge < -0.3 is 4.90 Å². The van der Waals surface area contributed by atoms with E-state index in [1.54, 1.807) is 18.7 Å². The number of carbonyl (C=O) groups is 1. The first-order valence-electron chi connectivity index (χ1n) is 6.66. The van der Waals surface area contributed by atoms with Gasteiger partial charge in [-0.15, -0.1) is 18.2 Å². The summed E-state index contributed by atoms with van der Waals surface area (Å²) in [6, 6.07) is 0. The van der Waals surface area contributed by atoms with E-state index in [2.05, 4.69) is 15.9 Å². The van der Waals surface area contributed by atoms with Gasteiger partial charge in [-0.25, -0.2) is 9.97 Å². The minimum Gasteiger partial charge on any atom is -0.342 e. The first-order chi connectivity index (χ1) is 10.1. The fourth-order valence-corrected chi connectivity index (χ4v) is 5.26. The van der Waals surface area contributed by atoms with Crippen LogP contribution in [0.4, 0.5) is 0 Å². The van der Waals surface area contributed by atoms with Gasteiger partial charge in [-0.2, -0.15) is 0 Å². The zero-order valence-electron chi connectivity index (χ0n) is 11.5. The van der Waals surface area contributed by atoms with Crippen molar-refractivity contribution in [2.24, 2.45) is 0 Å². The molecule has 0 saturated carbocycles. The molecule has 110 valence electrons. The van der Waals surface area contributed by atoms with Gasteiger partial charge in [-0.3, -0.25) is 4.79 Å². The minimum atomic E-state index is 0.132. The smallest absolute Gasteiger partial charge is 0.219 e. The molecule has 1 aromatic heterocycles. The number of amides is 1. The number of thioether (sulfide) groups is 2. The fourth-order valence-electron chi connectivity index (χ4n) is 2.77. The second-order valence-electron chi connectivity index (χ2n) is 5.03. The molecule has 1 aromatic rings. The minimum absolute atomic E-state index is 0.132. The van der Waals surface area contributed by atoms with E-state index in [0.29, 0.717) is 27.2 Å². The van der Waals surface area contributed by atoms with E-state index < -0.39 is 0 Å². The predicted octanol–water partition coefficient (Wildman–Crippen LogP) is 2.67. The monoisotopic (exact) mass is 339 g/mol. The van der Waals surface area contributed by atoms with Crippen molar-refractivity contribution in [1.29, 1.82) is 0 Å². The van der Waals surface area contributed by atoms with Crippen molar-refractivity contribution in [3.63, 3.8) is 0 Å². The molecule has 0 spiro atoms. The molecule has 3 heterocycles. The summed E-state index contributed by atoms with van der Waals surface area (Å²) in [6.45, 7) is 3.15. The summed E-state index contributed by atoms with van der Waals surface area (Å²) in [7, 11) is 0. The van der Waals surface area contributed by atoms with E-state index in [1.807, 2.05) is 4.90 Å². The third-order valence-electron chi connectivity index (χ3n) is 3.77. The van der Waals surface area contributed by atoms with Gasteiger partial charge >= 0.3 is 0 Å². The number of carbonyl (C=O) groups excluding carboxylic acids is 1. The van der Waals surface area contributed by atoms with Crippen LogP contribution in [0.1, 0.15) is 24.8 Å². The number of hydrogen-bond donors (Lipinski definition) is 0. The summed E-state index contributed by atoms with van der Waals surface area (Å²) < 4.78 is 0. The van der Waals surface area contributed by atoms with Crippen molar-refractivity contribution in [1.82, 2.24) is 14.9 Å². The highest BCUT2D eigenvalue weighted by Gasteiger charge is 2.41. The Morgan fingerprint density at radius 3 is 3.14 bits per heavy atom. The van der Waals surface area contributed by atoms with Gasteiger partial charge in [0.25, 0.3) is 0 Å². The Kier molecular flexibility index (Phi) is 4.34. The van der Waals surface area contributed by atoms with Crippen molar-refractivity contribution < 1.29 is 4.79 Å². The number of halogens is 1. The second kappa shape index (κ2) is 6.07. The Hall–Kier alpha value is -0.900. The number of piperidine rings is 1. The van der Waals surface area contributed by atoms with Crippen LogP contribution in [0.15, 0.2) is 10.2 Å². The van der Waals surface area contributed by atoms with Crippen molar-refractivity contribution in [2.45, 2.75) is 34.7 Å². The van der Waals surface area contributed by atoms with E-state index in [4.69, 9.17) is 18.0 Å². The number of terminal acetylenes is 1. The predicted molar refractivity (Wildman–Crippen MR) is 85.9 cm³/mol. The third kappa shape index (κ3) is 2.87. The van der Waals surface area contributed by atoms with Crippen LogP contribution in [0.2, 0.25) is 5.15 Å². The highest BCUT2D eigenvalue weighted by atomic mass is 35.5. The Balaban J connectivity index is 1.85. The molecule has 1 fully saturated rings. The zero-order valence-corrected chi connectivity index (χ0v) is 13.9. The summed E-state index contributed by atoms with van der Waals surface area (Å²) in [4.78, 5) is 22.4. The largest absolute Gasteiger partial charge is 0.342 e. The normalized spacial score (nSPS) is 23.4. The van der Waals surface area contributed by atoms with Gasteiger partial charge in [0.2, 0.25) is 5.91 Å². The van der Waals surface area contributed by atoms with Crippen LogP contribution >= 0.6 is 35.1 Å². The Morgan fingerprint density at radius 1 is 1.62 bits per heavy atom. The number of rotatable bonds is 2. The second-order valence-corrected chi connectivity index (χ2v) is 7.55. The number of likely N-dealkylation sites (tertiary alicyclic amines) is 1. The van der Waals surface area contributed by atoms with Crippen molar-refractivity contribution >= 4 is 41.0 Å². The molecule has 2 unspecified atom stereocenters. The molecule has 2 aliphatic heterocycles. The van der Waals surface area contributed by atoms with Gasteiger partial charge in [0.05, 0.1) is 5.75 Å². The molecule has 0 aliphatic carbocycles. The Morgan fingerprint density at radius 2 is 2.43 bits per heavy atom. The van der Waals surface area contributed by atoms with Crippen LogP contribution in [0.5, 0.6) is 0 Å². The molecule has 1 amide bonds. The quantitative estimate of drug-likeness (QED) is 0.359. The average Bonchev–Trinajstić information content (AvgIpc) is 2.82. The maximum absolute atomic E-state index is 11.5. The van der Waals surface area contributed by atoms with E-state index in [9.17, 15) is 4.79 Å². The summed E-state index contributed by atoms with van der Waals surface area (Å²) >= 11 is 9.49. The van der Waals surface area contributed by atoms with Crippen molar-refractivity contribution in [3.05, 3.63) is 10.7 Å². The lowest BCUT2D eigenvalue weighted by Crippen LogP contribution is -2.42. The molecule has 0 radical (unpaired) electrons. The van der Waals surface area contributed by atoms with E-state index >= 15 is 0 Å². The zero-order chi connectivity index (χ0) is 15.0. The van der Waals surface area contributed by atoms with Gasteiger partial charge in [-0.05, 0) is 6.42 Å². The van der Waals surface area contributed by atoms with Crippen molar-refractivity contribution in [3.8, 4) is 12.3 Å². The number of aromatic nitrogens is 2. The van der Waals surface area contributed by atoms with E-state index in [0.717, 1.165) is 30.1 Å². The SMILES string of the molecule is C#CCSc1nc(Cl)c2c(n1)SC1CN(C(C)=O)CCC21. The molecule has 2 aliphatic rings. The molecule has 21 heavy (non-hydrogen) atoms. The molecular formula is C14H14ClN3OS2. The standard InChI is InChI=1S/C14H14ClN3OS2/c1-3-6-20-14-16-12(15)11-9-4-5-18(8(2)19)7-10(9)21-13(11)17-14/h1,9-10H,4-7H2,2H3. The molecule has 2 atom stereocenters. The highest BCUT2D eigenvalue weighted by Crippen LogP contribution is 2.50. The summed E-state index contributed by atoms with van der Waals surface area (Å²) in [5.41, 5.74) is 1.06. The Labute approximate surface area is 137 Å². The Bertz CT molecular complexity index is 631. The molecule has 1 saturated heterocycles. The lowest BCUT2D eigenvalue weighted by Gasteiger charge is -2.33. The van der Waals surface area contributed by atoms with Crippen LogP contribution in [-0.4, -0.2) is 44.9 Å². The van der Waals surface area contributed by atoms with Gasteiger partial charge in [0.1, 0.15) is 10.2 Å². The van der Waals surface area contributed by atoms with Gasteiger partial charge in [0.15, 0.2) is 5.16 Å². The lowest BCUT2D eigenvalue weighted by molar-refractivity contribution is -0.129. The van der Waals surface area contributed by atoms with Crippen molar-refractivity contribution in [2.75, 3.05) is 18.8 Å². The molecule has 0 aromatic carbocycles. The van der Waals surface area contributed by atoms with Crippen LogP contribution in [0.25, 0.3) is 0 Å². The summed E-state index contributed by atoms with van der Waals surface area (Å²) in [6.07, 6.45) is 6.19. The first kappa shape index (κ1) is 15.0. The summed E-state index contributed by atoms with van der Waals surface area (Å²) in [5, 5.41) is 2.45. The lowest BCUT2D eigenvalue weighted by atomic mass is 9.91. The fraction of sp³-hybridized carbons (Fsp3) is 0.500. The topological polar surface area (TPSA) is 46.1 Å². The van der Waals surface area contributed by atoms with Gasteiger partial charge in [-0.1, -0.05) is 29.3 Å². The molecule has 4 nitrogen and oxygen atoms in total. The van der Waals surface area contributed by atoms with Crippen LogP contribution in [0, 0.1) is 12.3 Å². The third-order valence-corrected chi connectivity index (χ3v) is 6.12. The van der Waals surface area contributed by atoms with E-state index in [1.165, 1.54) is 11.8 Å². The van der Waals surface area contributed by atoms with Crippen LogP contribution in [0.3, 0.4) is 0 Å². The molecule has 3 rings (SSSR count). The maximum atomic E-state index is 11.5. The van der Waals surface area contributed by atoms with Crippen LogP contribution < -0.4 is 0 Å². The molecule has 0 bridgehead atoms. The van der Waals surface area contributed by atoms with E-state index in [-0.39, 0.29) is 5.91 Å². The molecular weight excluding hydrogens is 326 g/mol. The van der Waals surface area contributed by atoms with Gasteiger partial charge in [0, 0.05) is 36.7 Å². The molecule has 7 heteroatoms. The molecule has 0 N–H and O–H groups in total. The first-order valence-corrected chi connectivity index (χ1v) is 8.90. The summed E-state index contributed by atoms with van der Waals surface area (Å²) in [5.74, 6) is 3.57. The average molecular weight is 340 g/mol. The maximum Gasteiger partial charge on any atom is 0.219 e. The number of fused-ring (bicyclic) bond motifs is 3. The number of hydrogen-bond acceptors (Lipinski definition) is 5.